The highest BCUT2D eigenvalue weighted by Gasteiger charge is 2.40. The van der Waals surface area contributed by atoms with Gasteiger partial charge >= 0.3 is 5.97 Å². The van der Waals surface area contributed by atoms with E-state index in [1.54, 1.807) is 12.1 Å². The third-order valence-corrected chi connectivity index (χ3v) is 6.70. The molecule has 38 heavy (non-hydrogen) atoms. The number of methoxy groups -OCH3 is 1. The lowest BCUT2D eigenvalue weighted by atomic mass is 9.64. The van der Waals surface area contributed by atoms with Gasteiger partial charge in [0.1, 0.15) is 18.5 Å². The number of aliphatic carboxylic acids is 1. The van der Waals surface area contributed by atoms with Crippen LogP contribution < -0.4 is 14.2 Å². The number of aromatic nitrogens is 2. The maximum Gasteiger partial charge on any atom is 0.303 e. The highest BCUT2D eigenvalue weighted by atomic mass is 19.1. The molecule has 0 bridgehead atoms. The van der Waals surface area contributed by atoms with Gasteiger partial charge in [-0.2, -0.15) is 0 Å². The van der Waals surface area contributed by atoms with E-state index in [-0.39, 0.29) is 47.2 Å². The van der Waals surface area contributed by atoms with Gasteiger partial charge in [0.05, 0.1) is 18.9 Å². The molecule has 1 aromatic carbocycles. The zero-order valence-corrected chi connectivity index (χ0v) is 22.5. The molecule has 0 saturated heterocycles. The van der Waals surface area contributed by atoms with Gasteiger partial charge < -0.3 is 23.8 Å². The first-order valence-electron chi connectivity index (χ1n) is 12.7. The summed E-state index contributed by atoms with van der Waals surface area (Å²) in [6.07, 6.45) is 4.10. The van der Waals surface area contributed by atoms with E-state index in [0.29, 0.717) is 23.6 Å². The minimum atomic E-state index is -0.859. The standard InChI is InChI=1S/C29H35FN2O6/c1-28(2)13-20(14-29(3,4)17-28)37-27-23(16-36-19-8-6-7-18(11-19)9-10-25(33)34)32-38-26(27)21-12-24(35-5)31-15-22(21)30/h6-8,11-12,15,20H,9-10,13-14,16-17H2,1-5H3,(H,33,34). The Morgan fingerprint density at radius 2 is 1.92 bits per heavy atom. The van der Waals surface area contributed by atoms with E-state index in [2.05, 4.69) is 37.8 Å². The van der Waals surface area contributed by atoms with Crippen molar-refractivity contribution in [3.8, 4) is 28.7 Å². The average molecular weight is 527 g/mol. The van der Waals surface area contributed by atoms with Gasteiger partial charge in [-0.05, 0) is 54.2 Å². The second-order valence-electron chi connectivity index (χ2n) is 11.5. The van der Waals surface area contributed by atoms with Crippen molar-refractivity contribution < 1.29 is 33.0 Å². The lowest BCUT2D eigenvalue weighted by Crippen LogP contribution is -2.39. The first-order valence-corrected chi connectivity index (χ1v) is 12.7. The fraction of sp³-hybridized carbons (Fsp3) is 0.483. The van der Waals surface area contributed by atoms with Gasteiger partial charge in [-0.1, -0.05) is 45.0 Å². The molecule has 0 aliphatic heterocycles. The molecule has 1 saturated carbocycles. The summed E-state index contributed by atoms with van der Waals surface area (Å²) < 4.78 is 38.3. The second-order valence-corrected chi connectivity index (χ2v) is 11.5. The van der Waals surface area contributed by atoms with Gasteiger partial charge in [-0.15, -0.1) is 0 Å². The van der Waals surface area contributed by atoms with E-state index >= 15 is 0 Å². The predicted octanol–water partition coefficient (Wildman–Crippen LogP) is 6.46. The molecule has 204 valence electrons. The van der Waals surface area contributed by atoms with Crippen LogP contribution in [0, 0.1) is 16.6 Å². The van der Waals surface area contributed by atoms with Crippen LogP contribution in [0.2, 0.25) is 0 Å². The van der Waals surface area contributed by atoms with Gasteiger partial charge in [0, 0.05) is 12.5 Å². The third-order valence-electron chi connectivity index (χ3n) is 6.70. The fourth-order valence-corrected chi connectivity index (χ4v) is 5.59. The van der Waals surface area contributed by atoms with E-state index in [4.69, 9.17) is 23.8 Å². The molecule has 0 spiro atoms. The van der Waals surface area contributed by atoms with E-state index in [1.165, 1.54) is 13.2 Å². The third kappa shape index (κ3) is 6.82. The SMILES string of the molecule is COc1cc(-c2onc(COc3cccc(CCC(=O)O)c3)c2OC2CC(C)(C)CC(C)(C)C2)c(F)cn1. The van der Waals surface area contributed by atoms with E-state index in [0.717, 1.165) is 31.0 Å². The number of carbonyl (C=O) groups is 1. The summed E-state index contributed by atoms with van der Waals surface area (Å²) in [5.74, 6) is -0.174. The number of rotatable bonds is 10. The van der Waals surface area contributed by atoms with E-state index in [9.17, 15) is 9.18 Å². The lowest BCUT2D eigenvalue weighted by molar-refractivity contribution is -0.136. The fourth-order valence-electron chi connectivity index (χ4n) is 5.59. The number of hydrogen-bond donors (Lipinski definition) is 1. The highest BCUT2D eigenvalue weighted by molar-refractivity contribution is 5.67. The topological polar surface area (TPSA) is 104 Å². The largest absolute Gasteiger partial charge is 0.487 e. The van der Waals surface area contributed by atoms with Crippen molar-refractivity contribution in [1.82, 2.24) is 10.1 Å². The quantitative estimate of drug-likeness (QED) is 0.321. The van der Waals surface area contributed by atoms with Crippen molar-refractivity contribution >= 4 is 5.97 Å². The zero-order valence-electron chi connectivity index (χ0n) is 22.5. The molecule has 1 aliphatic carbocycles. The predicted molar refractivity (Wildman–Crippen MR) is 139 cm³/mol. The molecule has 8 nitrogen and oxygen atoms in total. The van der Waals surface area contributed by atoms with Gasteiger partial charge in [-0.3, -0.25) is 4.79 Å². The van der Waals surface area contributed by atoms with Crippen molar-refractivity contribution in [2.45, 2.75) is 72.5 Å². The normalized spacial score (nSPS) is 16.7. The number of carboxylic acids is 1. The molecular weight excluding hydrogens is 491 g/mol. The molecule has 0 unspecified atom stereocenters. The van der Waals surface area contributed by atoms with Crippen LogP contribution in [0.25, 0.3) is 11.3 Å². The summed E-state index contributed by atoms with van der Waals surface area (Å²) >= 11 is 0. The molecule has 1 fully saturated rings. The number of nitrogens with zero attached hydrogens (tertiary/aromatic N) is 2. The zero-order chi connectivity index (χ0) is 27.5. The Morgan fingerprint density at radius 3 is 2.61 bits per heavy atom. The number of pyridine rings is 1. The van der Waals surface area contributed by atoms with Gasteiger partial charge in [-0.25, -0.2) is 9.37 Å². The highest BCUT2D eigenvalue weighted by Crippen LogP contribution is 2.48. The summed E-state index contributed by atoms with van der Waals surface area (Å²) in [5, 5.41) is 13.2. The molecule has 3 aromatic rings. The summed E-state index contributed by atoms with van der Waals surface area (Å²) in [6, 6.07) is 8.69. The molecule has 1 aliphatic rings. The summed E-state index contributed by atoms with van der Waals surface area (Å²) in [6.45, 7) is 8.94. The van der Waals surface area contributed by atoms with Gasteiger partial charge in [0.25, 0.3) is 0 Å². The monoisotopic (exact) mass is 526 g/mol. The van der Waals surface area contributed by atoms with Crippen LogP contribution in [-0.4, -0.2) is 34.4 Å². The number of halogens is 1. The number of hydrogen-bond acceptors (Lipinski definition) is 7. The van der Waals surface area contributed by atoms with Crippen LogP contribution in [0.15, 0.2) is 41.1 Å². The molecule has 0 atom stereocenters. The van der Waals surface area contributed by atoms with Gasteiger partial charge in [0.2, 0.25) is 11.6 Å². The molecular formula is C29H35FN2O6. The Labute approximate surface area is 222 Å². The number of carboxylic acid groups (broad SMARTS) is 1. The second kappa shape index (κ2) is 11.0. The van der Waals surface area contributed by atoms with E-state index < -0.39 is 11.8 Å². The van der Waals surface area contributed by atoms with Crippen molar-refractivity contribution in [3.05, 3.63) is 53.6 Å². The molecule has 4 rings (SSSR count). The Morgan fingerprint density at radius 1 is 1.18 bits per heavy atom. The average Bonchev–Trinajstić information content (AvgIpc) is 3.22. The molecule has 9 heteroatoms. The molecule has 2 aromatic heterocycles. The number of aryl methyl sites for hydroxylation is 1. The number of benzene rings is 1. The Kier molecular flexibility index (Phi) is 7.94. The smallest absolute Gasteiger partial charge is 0.303 e. The van der Waals surface area contributed by atoms with Gasteiger partial charge in [0.15, 0.2) is 17.3 Å². The van der Waals surface area contributed by atoms with Crippen LogP contribution in [0.5, 0.6) is 17.4 Å². The maximum absolute atomic E-state index is 14.9. The van der Waals surface area contributed by atoms with Crippen molar-refractivity contribution in [1.29, 1.82) is 0 Å². The molecule has 0 radical (unpaired) electrons. The van der Waals surface area contributed by atoms with Crippen molar-refractivity contribution in [2.24, 2.45) is 10.8 Å². The summed E-state index contributed by atoms with van der Waals surface area (Å²) in [5.41, 5.74) is 1.52. The Hall–Kier alpha value is -3.62. The molecule has 2 heterocycles. The van der Waals surface area contributed by atoms with Crippen LogP contribution >= 0.6 is 0 Å². The van der Waals surface area contributed by atoms with Crippen LogP contribution in [0.3, 0.4) is 0 Å². The lowest BCUT2D eigenvalue weighted by Gasteiger charge is -2.44. The van der Waals surface area contributed by atoms with Crippen LogP contribution in [0.4, 0.5) is 4.39 Å². The summed E-state index contributed by atoms with van der Waals surface area (Å²) in [7, 11) is 1.46. The molecule has 1 N–H and O–H groups in total. The first-order chi connectivity index (χ1) is 17.9. The van der Waals surface area contributed by atoms with Crippen LogP contribution in [0.1, 0.15) is 64.6 Å². The minimum absolute atomic E-state index is 0.0184. The minimum Gasteiger partial charge on any atom is -0.487 e. The van der Waals surface area contributed by atoms with Crippen LogP contribution in [-0.2, 0) is 17.8 Å². The van der Waals surface area contributed by atoms with Crippen molar-refractivity contribution in [2.75, 3.05) is 7.11 Å². The number of ether oxygens (including phenoxy) is 3. The summed E-state index contributed by atoms with van der Waals surface area (Å²) in [4.78, 5) is 14.9. The molecule has 0 amide bonds. The van der Waals surface area contributed by atoms with Crippen molar-refractivity contribution in [3.63, 3.8) is 0 Å². The van der Waals surface area contributed by atoms with E-state index in [1.807, 2.05) is 12.1 Å². The maximum atomic E-state index is 14.9. The first kappa shape index (κ1) is 27.4. The Balaban J connectivity index is 1.64. The Bertz CT molecular complexity index is 1270.